The van der Waals surface area contributed by atoms with Crippen LogP contribution in [0.2, 0.25) is 0 Å². The van der Waals surface area contributed by atoms with Crippen molar-refractivity contribution in [3.63, 3.8) is 0 Å². The molecule has 0 aromatic rings. The minimum absolute atomic E-state index is 0.0181. The highest BCUT2D eigenvalue weighted by Gasteiger charge is 2.25. The van der Waals surface area contributed by atoms with E-state index in [0.717, 1.165) is 44.9 Å². The van der Waals surface area contributed by atoms with Gasteiger partial charge in [0, 0.05) is 19.3 Å². The van der Waals surface area contributed by atoms with Gasteiger partial charge in [0.1, 0.15) is 12.6 Å². The lowest BCUT2D eigenvalue weighted by atomic mass is 10.1. The number of quaternary nitrogens is 1. The Morgan fingerprint density at radius 1 is 0.492 bits per heavy atom. The summed E-state index contributed by atoms with van der Waals surface area (Å²) in [5.41, 5.74) is 0. The molecule has 8 nitrogen and oxygen atoms in total. The van der Waals surface area contributed by atoms with Crippen LogP contribution in [-0.2, 0) is 28.6 Å². The number of aliphatic carboxylic acids is 1. The summed E-state index contributed by atoms with van der Waals surface area (Å²) in [4.78, 5) is 37.0. The zero-order valence-electron chi connectivity index (χ0n) is 40.7. The molecule has 358 valence electrons. The molecule has 0 aromatic heterocycles. The van der Waals surface area contributed by atoms with Crippen molar-refractivity contribution in [1.29, 1.82) is 0 Å². The predicted octanol–water partition coefficient (Wildman–Crippen LogP) is 12.9. The van der Waals surface area contributed by atoms with Crippen molar-refractivity contribution in [2.24, 2.45) is 0 Å². The molecule has 0 saturated heterocycles. The molecule has 0 saturated carbocycles. The number of carbonyl (C=O) groups is 3. The van der Waals surface area contributed by atoms with Crippen LogP contribution in [0.15, 0.2) is 97.2 Å². The van der Waals surface area contributed by atoms with Crippen molar-refractivity contribution in [2.45, 2.75) is 193 Å². The second-order valence-electron chi connectivity index (χ2n) is 17.5. The largest absolute Gasteiger partial charge is 0.544 e. The first-order chi connectivity index (χ1) is 30.6. The van der Waals surface area contributed by atoms with Crippen molar-refractivity contribution in [3.05, 3.63) is 97.2 Å². The first-order valence-electron chi connectivity index (χ1n) is 24.9. The number of carboxylic acid groups (broad SMARTS) is 1. The molecule has 0 aromatic carbocycles. The van der Waals surface area contributed by atoms with Crippen LogP contribution in [-0.4, -0.2) is 75.5 Å². The van der Waals surface area contributed by atoms with E-state index >= 15 is 0 Å². The second-order valence-corrected chi connectivity index (χ2v) is 17.5. The molecule has 0 rings (SSSR count). The molecule has 0 aliphatic heterocycles. The van der Waals surface area contributed by atoms with Crippen molar-refractivity contribution in [3.8, 4) is 0 Å². The summed E-state index contributed by atoms with van der Waals surface area (Å²) in [7, 11) is 5.39. The van der Waals surface area contributed by atoms with E-state index in [1.807, 2.05) is 72.9 Å². The lowest BCUT2D eigenvalue weighted by molar-refractivity contribution is -0.889. The fourth-order valence-corrected chi connectivity index (χ4v) is 6.81. The topological polar surface area (TPSA) is 102 Å². The van der Waals surface area contributed by atoms with E-state index < -0.39 is 18.1 Å². The van der Waals surface area contributed by atoms with Crippen LogP contribution in [0.4, 0.5) is 0 Å². The number of hydrogen-bond acceptors (Lipinski definition) is 7. The summed E-state index contributed by atoms with van der Waals surface area (Å²) in [5.74, 6) is -1.81. The van der Waals surface area contributed by atoms with Gasteiger partial charge in [0.15, 0.2) is 6.10 Å². The Morgan fingerprint density at radius 3 is 1.38 bits per heavy atom. The summed E-state index contributed by atoms with van der Waals surface area (Å²) < 4.78 is 17.2. The number of ether oxygens (including phenoxy) is 3. The van der Waals surface area contributed by atoms with Gasteiger partial charge < -0.3 is 28.6 Å². The molecule has 0 spiro atoms. The lowest BCUT2D eigenvalue weighted by Crippen LogP contribution is -2.55. The minimum atomic E-state index is -1.14. The van der Waals surface area contributed by atoms with E-state index in [1.54, 1.807) is 21.1 Å². The van der Waals surface area contributed by atoms with Crippen LogP contribution in [0.3, 0.4) is 0 Å². The fourth-order valence-electron chi connectivity index (χ4n) is 6.81. The average Bonchev–Trinajstić information content (AvgIpc) is 3.24. The van der Waals surface area contributed by atoms with Crippen molar-refractivity contribution >= 4 is 17.9 Å². The number of carboxylic acids is 1. The van der Waals surface area contributed by atoms with Crippen LogP contribution >= 0.6 is 0 Å². The van der Waals surface area contributed by atoms with E-state index in [1.165, 1.54) is 96.3 Å². The molecule has 0 N–H and O–H groups in total. The van der Waals surface area contributed by atoms with Crippen molar-refractivity contribution < 1.29 is 38.2 Å². The molecule has 2 unspecified atom stereocenters. The van der Waals surface area contributed by atoms with Gasteiger partial charge >= 0.3 is 11.9 Å². The summed E-state index contributed by atoms with van der Waals surface area (Å²) in [6.07, 6.45) is 60.0. The van der Waals surface area contributed by atoms with Gasteiger partial charge in [-0.2, -0.15) is 0 Å². The van der Waals surface area contributed by atoms with Crippen LogP contribution in [0.1, 0.15) is 181 Å². The Hall–Kier alpha value is -3.75. The normalized spacial score (nSPS) is 13.7. The number of nitrogens with zero attached hydrogens (tertiary/aromatic N) is 1. The SMILES string of the molecule is CC/C=C/C=C/C=C/C=C/C=C/C=C/C=C/CCCCCC(=O)OCC(COCCC(C(=O)[O-])[N+](C)(C)C)OC(=O)CCCCCCCCC/C=C/CCCCCCCCCCC. The highest BCUT2D eigenvalue weighted by molar-refractivity contribution is 5.70. The molecule has 0 radical (unpaired) electrons. The maximum Gasteiger partial charge on any atom is 0.306 e. The van der Waals surface area contributed by atoms with Crippen molar-refractivity contribution in [1.82, 2.24) is 0 Å². The Morgan fingerprint density at radius 2 is 0.905 bits per heavy atom. The van der Waals surface area contributed by atoms with Crippen LogP contribution in [0, 0.1) is 0 Å². The Labute approximate surface area is 386 Å². The van der Waals surface area contributed by atoms with Gasteiger partial charge in [-0.25, -0.2) is 0 Å². The minimum Gasteiger partial charge on any atom is -0.544 e. The maximum atomic E-state index is 12.8. The number of hydrogen-bond donors (Lipinski definition) is 0. The van der Waals surface area contributed by atoms with Gasteiger partial charge in [-0.1, -0.05) is 201 Å². The van der Waals surface area contributed by atoms with Crippen molar-refractivity contribution in [2.75, 3.05) is 41.0 Å². The molecule has 0 aliphatic carbocycles. The van der Waals surface area contributed by atoms with E-state index in [4.69, 9.17) is 14.2 Å². The zero-order chi connectivity index (χ0) is 46.3. The Kier molecular flexibility index (Phi) is 42.2. The second kappa shape index (κ2) is 44.8. The molecule has 0 amide bonds. The third-order valence-electron chi connectivity index (χ3n) is 10.6. The molecule has 63 heavy (non-hydrogen) atoms. The molecular weight excluding hydrogens is 787 g/mol. The van der Waals surface area contributed by atoms with Crippen LogP contribution < -0.4 is 5.11 Å². The van der Waals surface area contributed by atoms with E-state index in [-0.39, 0.29) is 49.1 Å². The fraction of sp³-hybridized carbons (Fsp3) is 0.655. The van der Waals surface area contributed by atoms with E-state index in [2.05, 4.69) is 38.2 Å². The van der Waals surface area contributed by atoms with Gasteiger partial charge in [-0.3, -0.25) is 9.59 Å². The van der Waals surface area contributed by atoms with Crippen LogP contribution in [0.5, 0.6) is 0 Å². The van der Waals surface area contributed by atoms with Gasteiger partial charge in [0.2, 0.25) is 0 Å². The molecule has 0 heterocycles. The number of carbonyl (C=O) groups excluding carboxylic acids is 3. The third-order valence-corrected chi connectivity index (χ3v) is 10.6. The zero-order valence-corrected chi connectivity index (χ0v) is 40.7. The third kappa shape index (κ3) is 43.3. The van der Waals surface area contributed by atoms with E-state index in [9.17, 15) is 19.5 Å². The number of allylic oxidation sites excluding steroid dienone is 16. The number of unbranched alkanes of at least 4 members (excludes halogenated alkanes) is 19. The standard InChI is InChI=1S/C55H91NO7/c1-6-8-10-12-14-16-18-20-22-24-26-28-30-32-34-36-38-40-42-44-46-54(58)63-51(49-61-48-47-52(55(59)60)56(3,4)5)50-62-53(57)45-43-41-39-37-35-33-31-29-27-25-23-21-19-17-15-13-11-9-7-2/h9,11,13,15,17,19,21,23,25-29,31,33,35,51-52H,6-8,10,12,14,16,18,20,22,24,30,32,34,36-50H2,1-5H3/b11-9+,15-13+,19-17+,23-21+,27-25+,28-26+,31-29+,35-33+. The summed E-state index contributed by atoms with van der Waals surface area (Å²) in [6, 6.07) is -0.740. The van der Waals surface area contributed by atoms with Gasteiger partial charge in [0.05, 0.1) is 40.3 Å². The number of likely N-dealkylation sites (N-methyl/N-ethyl adjacent to an activating group) is 1. The molecule has 0 bridgehead atoms. The highest BCUT2D eigenvalue weighted by Crippen LogP contribution is 2.14. The summed E-state index contributed by atoms with van der Waals surface area (Å²) in [6.45, 7) is 4.46. The average molecular weight is 878 g/mol. The Balaban J connectivity index is 4.39. The lowest BCUT2D eigenvalue weighted by Gasteiger charge is -2.34. The molecule has 8 heteroatoms. The maximum absolute atomic E-state index is 12.8. The predicted molar refractivity (Wildman–Crippen MR) is 263 cm³/mol. The first-order valence-corrected chi connectivity index (χ1v) is 24.9. The smallest absolute Gasteiger partial charge is 0.306 e. The van der Waals surface area contributed by atoms with Gasteiger partial charge in [-0.05, 0) is 57.8 Å². The monoisotopic (exact) mass is 878 g/mol. The first kappa shape index (κ1) is 59.2. The molecule has 2 atom stereocenters. The quantitative estimate of drug-likeness (QED) is 0.0198. The van der Waals surface area contributed by atoms with E-state index in [0.29, 0.717) is 12.8 Å². The summed E-state index contributed by atoms with van der Waals surface area (Å²) in [5, 5.41) is 11.7. The van der Waals surface area contributed by atoms with Gasteiger partial charge in [0.25, 0.3) is 0 Å². The Bertz CT molecular complexity index is 1350. The molecular formula is C55H91NO7. The van der Waals surface area contributed by atoms with Gasteiger partial charge in [-0.15, -0.1) is 0 Å². The summed E-state index contributed by atoms with van der Waals surface area (Å²) >= 11 is 0. The number of rotatable bonds is 43. The highest BCUT2D eigenvalue weighted by atomic mass is 16.6. The molecule has 0 aliphatic rings. The molecule has 0 fully saturated rings. The van der Waals surface area contributed by atoms with Crippen LogP contribution in [0.25, 0.3) is 0 Å². The number of esters is 2.